The van der Waals surface area contributed by atoms with E-state index >= 15 is 0 Å². The van der Waals surface area contributed by atoms with E-state index in [-0.39, 0.29) is 5.91 Å². The van der Waals surface area contributed by atoms with Gasteiger partial charge in [-0.2, -0.15) is 0 Å². The number of allylic oxidation sites excluding steroid dienone is 2. The molecule has 3 rings (SSSR count). The van der Waals surface area contributed by atoms with Crippen LogP contribution < -0.4 is 5.32 Å². The van der Waals surface area contributed by atoms with Crippen molar-refractivity contribution in [3.8, 4) is 0 Å². The van der Waals surface area contributed by atoms with Gasteiger partial charge >= 0.3 is 0 Å². The van der Waals surface area contributed by atoms with E-state index in [0.29, 0.717) is 22.5 Å². The third-order valence-corrected chi connectivity index (χ3v) is 4.33. The second-order valence-electron chi connectivity index (χ2n) is 4.65. The highest BCUT2D eigenvalue weighted by molar-refractivity contribution is 7.22. The predicted octanol–water partition coefficient (Wildman–Crippen LogP) is 4.24. The fourth-order valence-corrected chi connectivity index (χ4v) is 3.38. The molecule has 0 fully saturated rings. The zero-order valence-electron chi connectivity index (χ0n) is 10.2. The molecule has 0 spiro atoms. The molecular formula is C14H13ClN2OS. The Morgan fingerprint density at radius 2 is 2.42 bits per heavy atom. The summed E-state index contributed by atoms with van der Waals surface area (Å²) in [5.41, 5.74) is 0.866. The molecule has 1 aromatic carbocycles. The van der Waals surface area contributed by atoms with Gasteiger partial charge in [-0.1, -0.05) is 35.1 Å². The number of aromatic nitrogens is 1. The Balaban J connectivity index is 1.70. The van der Waals surface area contributed by atoms with Crippen LogP contribution in [0, 0.1) is 5.92 Å². The summed E-state index contributed by atoms with van der Waals surface area (Å²) in [6.07, 6.45) is 6.95. The molecule has 0 aliphatic heterocycles. The molecule has 19 heavy (non-hydrogen) atoms. The van der Waals surface area contributed by atoms with Crippen LogP contribution in [0.1, 0.15) is 19.3 Å². The van der Waals surface area contributed by atoms with Crippen LogP contribution in [0.5, 0.6) is 0 Å². The molecule has 2 aromatic rings. The molecule has 1 heterocycles. The Bertz CT molecular complexity index is 650. The van der Waals surface area contributed by atoms with Crippen molar-refractivity contribution in [1.82, 2.24) is 4.98 Å². The molecule has 0 bridgehead atoms. The first-order chi connectivity index (χ1) is 9.20. The molecule has 1 atom stereocenters. The zero-order chi connectivity index (χ0) is 13.2. The van der Waals surface area contributed by atoms with E-state index in [1.807, 2.05) is 12.1 Å². The molecule has 1 aliphatic rings. The molecule has 98 valence electrons. The van der Waals surface area contributed by atoms with Crippen molar-refractivity contribution in [3.05, 3.63) is 35.4 Å². The maximum absolute atomic E-state index is 11.9. The Morgan fingerprint density at radius 1 is 1.53 bits per heavy atom. The quantitative estimate of drug-likeness (QED) is 0.860. The Hall–Kier alpha value is -1.39. The summed E-state index contributed by atoms with van der Waals surface area (Å²) in [7, 11) is 0. The van der Waals surface area contributed by atoms with E-state index in [1.54, 1.807) is 6.07 Å². The summed E-state index contributed by atoms with van der Waals surface area (Å²) in [5.74, 6) is 0.408. The number of thiazole rings is 1. The lowest BCUT2D eigenvalue weighted by Crippen LogP contribution is -2.14. The highest BCUT2D eigenvalue weighted by atomic mass is 35.5. The van der Waals surface area contributed by atoms with Gasteiger partial charge in [0.25, 0.3) is 0 Å². The van der Waals surface area contributed by atoms with Crippen LogP contribution in [-0.4, -0.2) is 10.9 Å². The monoisotopic (exact) mass is 292 g/mol. The zero-order valence-corrected chi connectivity index (χ0v) is 11.8. The molecule has 0 saturated carbocycles. The first-order valence-corrected chi connectivity index (χ1v) is 7.43. The van der Waals surface area contributed by atoms with E-state index in [0.717, 1.165) is 23.1 Å². The lowest BCUT2D eigenvalue weighted by Gasteiger charge is -2.06. The predicted molar refractivity (Wildman–Crippen MR) is 79.7 cm³/mol. The topological polar surface area (TPSA) is 42.0 Å². The molecule has 1 N–H and O–H groups in total. The van der Waals surface area contributed by atoms with Gasteiger partial charge in [0.05, 0.1) is 10.2 Å². The highest BCUT2D eigenvalue weighted by Crippen LogP contribution is 2.29. The van der Waals surface area contributed by atoms with Gasteiger partial charge < -0.3 is 5.32 Å². The number of amides is 1. The molecular weight excluding hydrogens is 280 g/mol. The fourth-order valence-electron chi connectivity index (χ4n) is 2.23. The van der Waals surface area contributed by atoms with Gasteiger partial charge in [0.15, 0.2) is 5.13 Å². The average Bonchev–Trinajstić information content (AvgIpc) is 2.97. The van der Waals surface area contributed by atoms with Gasteiger partial charge in [0, 0.05) is 11.4 Å². The first-order valence-electron chi connectivity index (χ1n) is 6.23. The van der Waals surface area contributed by atoms with Crippen LogP contribution >= 0.6 is 22.9 Å². The lowest BCUT2D eigenvalue weighted by atomic mass is 10.1. The minimum absolute atomic E-state index is 0.0294. The van der Waals surface area contributed by atoms with Crippen molar-refractivity contribution in [2.75, 3.05) is 5.32 Å². The number of halogens is 1. The number of fused-ring (bicyclic) bond motifs is 1. The van der Waals surface area contributed by atoms with Gasteiger partial charge in [-0.25, -0.2) is 4.98 Å². The SMILES string of the molecule is O=C(C[C@H]1C=CCC1)Nc1nc2ccc(Cl)cc2s1. The number of carbonyl (C=O) groups excluding carboxylic acids is 1. The van der Waals surface area contributed by atoms with Crippen LogP contribution in [-0.2, 0) is 4.79 Å². The number of nitrogens with one attached hydrogen (secondary N) is 1. The van der Waals surface area contributed by atoms with Crippen LogP contribution in [0.15, 0.2) is 30.4 Å². The number of anilines is 1. The van der Waals surface area contributed by atoms with Crippen LogP contribution in [0.2, 0.25) is 5.02 Å². The second-order valence-corrected chi connectivity index (χ2v) is 6.12. The summed E-state index contributed by atoms with van der Waals surface area (Å²) < 4.78 is 0.989. The van der Waals surface area contributed by atoms with E-state index in [9.17, 15) is 4.79 Å². The van der Waals surface area contributed by atoms with Crippen LogP contribution in [0.4, 0.5) is 5.13 Å². The standard InChI is InChI=1S/C14H13ClN2OS/c15-10-5-6-11-12(8-10)19-14(16-11)17-13(18)7-9-3-1-2-4-9/h1,3,5-6,8-9H,2,4,7H2,(H,16,17,18)/t9-/m0/s1. The maximum atomic E-state index is 11.9. The van der Waals surface area contributed by atoms with E-state index in [1.165, 1.54) is 11.3 Å². The Kier molecular flexibility index (Phi) is 3.53. The van der Waals surface area contributed by atoms with Gasteiger partial charge in [-0.15, -0.1) is 0 Å². The Morgan fingerprint density at radius 3 is 3.21 bits per heavy atom. The number of benzene rings is 1. The summed E-state index contributed by atoms with van der Waals surface area (Å²) in [6.45, 7) is 0. The third kappa shape index (κ3) is 2.96. The van der Waals surface area contributed by atoms with Crippen LogP contribution in [0.25, 0.3) is 10.2 Å². The highest BCUT2D eigenvalue weighted by Gasteiger charge is 2.15. The molecule has 1 aliphatic carbocycles. The van der Waals surface area contributed by atoms with Crippen molar-refractivity contribution in [2.24, 2.45) is 5.92 Å². The molecule has 1 aromatic heterocycles. The molecule has 0 saturated heterocycles. The average molecular weight is 293 g/mol. The minimum Gasteiger partial charge on any atom is -0.302 e. The van der Waals surface area contributed by atoms with Crippen molar-refractivity contribution >= 4 is 44.2 Å². The van der Waals surface area contributed by atoms with Crippen molar-refractivity contribution in [3.63, 3.8) is 0 Å². The number of hydrogen-bond donors (Lipinski definition) is 1. The largest absolute Gasteiger partial charge is 0.302 e. The number of nitrogens with zero attached hydrogens (tertiary/aromatic N) is 1. The van der Waals surface area contributed by atoms with Crippen molar-refractivity contribution in [2.45, 2.75) is 19.3 Å². The van der Waals surface area contributed by atoms with Crippen molar-refractivity contribution in [1.29, 1.82) is 0 Å². The normalized spacial score (nSPS) is 18.1. The summed E-state index contributed by atoms with van der Waals surface area (Å²) in [5, 5.41) is 4.20. The van der Waals surface area contributed by atoms with Gasteiger partial charge in [0.1, 0.15) is 0 Å². The van der Waals surface area contributed by atoms with Crippen LogP contribution in [0.3, 0.4) is 0 Å². The molecule has 5 heteroatoms. The molecule has 0 radical (unpaired) electrons. The van der Waals surface area contributed by atoms with E-state index in [4.69, 9.17) is 11.6 Å². The van der Waals surface area contributed by atoms with Crippen molar-refractivity contribution < 1.29 is 4.79 Å². The third-order valence-electron chi connectivity index (χ3n) is 3.16. The lowest BCUT2D eigenvalue weighted by molar-refractivity contribution is -0.116. The summed E-state index contributed by atoms with van der Waals surface area (Å²) in [4.78, 5) is 16.3. The molecule has 3 nitrogen and oxygen atoms in total. The molecule has 0 unspecified atom stereocenters. The smallest absolute Gasteiger partial charge is 0.226 e. The number of hydrogen-bond acceptors (Lipinski definition) is 3. The van der Waals surface area contributed by atoms with E-state index in [2.05, 4.69) is 22.5 Å². The van der Waals surface area contributed by atoms with Gasteiger partial charge in [-0.05, 0) is 37.0 Å². The van der Waals surface area contributed by atoms with Gasteiger partial charge in [-0.3, -0.25) is 4.79 Å². The maximum Gasteiger partial charge on any atom is 0.226 e. The minimum atomic E-state index is 0.0294. The fraction of sp³-hybridized carbons (Fsp3) is 0.286. The number of carbonyl (C=O) groups is 1. The summed E-state index contributed by atoms with van der Waals surface area (Å²) >= 11 is 7.38. The van der Waals surface area contributed by atoms with E-state index < -0.39 is 0 Å². The van der Waals surface area contributed by atoms with Gasteiger partial charge in [0.2, 0.25) is 5.91 Å². The second kappa shape index (κ2) is 5.31. The Labute approximate surface area is 120 Å². The summed E-state index contributed by atoms with van der Waals surface area (Å²) in [6, 6.07) is 5.53. The number of rotatable bonds is 3. The molecule has 1 amide bonds. The first kappa shape index (κ1) is 12.6.